The van der Waals surface area contributed by atoms with Gasteiger partial charge in [0.05, 0.1) is 11.1 Å². The summed E-state index contributed by atoms with van der Waals surface area (Å²) in [4.78, 5) is 15.2. The summed E-state index contributed by atoms with van der Waals surface area (Å²) >= 11 is 6.50. The zero-order valence-corrected chi connectivity index (χ0v) is 17.9. The van der Waals surface area contributed by atoms with Crippen LogP contribution in [0.4, 0.5) is 5.69 Å². The molecule has 2 aliphatic rings. The predicted molar refractivity (Wildman–Crippen MR) is 118 cm³/mol. The first-order valence-corrected chi connectivity index (χ1v) is 10.6. The number of hydrogen-bond acceptors (Lipinski definition) is 4. The van der Waals surface area contributed by atoms with E-state index in [4.69, 9.17) is 21.1 Å². The average molecular weight is 420 g/mol. The summed E-state index contributed by atoms with van der Waals surface area (Å²) in [5, 5.41) is 0.611. The van der Waals surface area contributed by atoms with E-state index in [1.165, 1.54) is 0 Å². The molecule has 0 saturated carbocycles. The Morgan fingerprint density at radius 3 is 2.50 bits per heavy atom. The van der Waals surface area contributed by atoms with Gasteiger partial charge in [-0.05, 0) is 56.7 Å². The van der Waals surface area contributed by atoms with Gasteiger partial charge in [0.25, 0.3) is 0 Å². The zero-order valence-electron chi connectivity index (χ0n) is 17.2. The second-order valence-corrected chi connectivity index (χ2v) is 8.02. The van der Waals surface area contributed by atoms with Crippen molar-refractivity contribution < 1.29 is 14.3 Å². The SMILES string of the molecule is CCN(CC)c1ccc2c(c1)Oc1ccc(Cl)c(C)c1C21OC(=O)c2ccccc21. The van der Waals surface area contributed by atoms with Crippen LogP contribution >= 0.6 is 11.6 Å². The highest BCUT2D eigenvalue weighted by Crippen LogP contribution is 2.58. The zero-order chi connectivity index (χ0) is 21.0. The molecule has 1 spiro atoms. The van der Waals surface area contributed by atoms with Crippen molar-refractivity contribution >= 4 is 23.3 Å². The normalized spacial score (nSPS) is 18.3. The van der Waals surface area contributed by atoms with E-state index in [0.717, 1.165) is 41.0 Å². The Morgan fingerprint density at radius 1 is 0.967 bits per heavy atom. The highest BCUT2D eigenvalue weighted by Gasteiger charge is 2.54. The van der Waals surface area contributed by atoms with Crippen LogP contribution in [-0.2, 0) is 10.3 Å². The molecule has 0 bridgehead atoms. The van der Waals surface area contributed by atoms with Crippen LogP contribution in [0.5, 0.6) is 11.5 Å². The lowest BCUT2D eigenvalue weighted by Gasteiger charge is -2.38. The molecule has 5 rings (SSSR count). The van der Waals surface area contributed by atoms with Gasteiger partial charge in [0.15, 0.2) is 5.60 Å². The minimum Gasteiger partial charge on any atom is -0.456 e. The average Bonchev–Trinajstić information content (AvgIpc) is 3.05. The van der Waals surface area contributed by atoms with Crippen LogP contribution in [0.3, 0.4) is 0 Å². The Labute approximate surface area is 181 Å². The molecular formula is C25H22ClNO3. The molecular weight excluding hydrogens is 398 g/mol. The van der Waals surface area contributed by atoms with Gasteiger partial charge < -0.3 is 14.4 Å². The third-order valence-electron chi connectivity index (χ3n) is 6.18. The van der Waals surface area contributed by atoms with Gasteiger partial charge in [0.1, 0.15) is 11.5 Å². The highest BCUT2D eigenvalue weighted by molar-refractivity contribution is 6.31. The number of anilines is 1. The molecule has 2 heterocycles. The summed E-state index contributed by atoms with van der Waals surface area (Å²) in [6.45, 7) is 7.98. The van der Waals surface area contributed by atoms with E-state index in [2.05, 4.69) is 24.8 Å². The smallest absolute Gasteiger partial charge is 0.340 e. The second-order valence-electron chi connectivity index (χ2n) is 7.62. The molecule has 152 valence electrons. The van der Waals surface area contributed by atoms with Crippen LogP contribution in [-0.4, -0.2) is 19.1 Å². The molecule has 4 nitrogen and oxygen atoms in total. The monoisotopic (exact) mass is 419 g/mol. The van der Waals surface area contributed by atoms with Crippen LogP contribution in [0.25, 0.3) is 0 Å². The summed E-state index contributed by atoms with van der Waals surface area (Å²) < 4.78 is 12.6. The fourth-order valence-electron chi connectivity index (χ4n) is 4.71. The number of carbonyl (C=O) groups excluding carboxylic acids is 1. The molecule has 3 aromatic carbocycles. The van der Waals surface area contributed by atoms with Crippen molar-refractivity contribution in [3.05, 3.63) is 87.4 Å². The molecule has 1 atom stereocenters. The summed E-state index contributed by atoms with van der Waals surface area (Å²) in [6, 6.07) is 17.3. The second kappa shape index (κ2) is 6.78. The fraction of sp³-hybridized carbons (Fsp3) is 0.240. The van der Waals surface area contributed by atoms with Crippen molar-refractivity contribution in [1.29, 1.82) is 0 Å². The highest BCUT2D eigenvalue weighted by atomic mass is 35.5. The van der Waals surface area contributed by atoms with E-state index in [9.17, 15) is 4.79 Å². The summed E-state index contributed by atoms with van der Waals surface area (Å²) in [6.07, 6.45) is 0. The number of carbonyl (C=O) groups is 1. The summed E-state index contributed by atoms with van der Waals surface area (Å²) in [5.41, 5.74) is 3.84. The van der Waals surface area contributed by atoms with Gasteiger partial charge in [-0.25, -0.2) is 4.79 Å². The molecule has 1 unspecified atom stereocenters. The number of fused-ring (bicyclic) bond motifs is 6. The quantitative estimate of drug-likeness (QED) is 0.483. The minimum absolute atomic E-state index is 0.336. The van der Waals surface area contributed by atoms with Crippen molar-refractivity contribution in [3.8, 4) is 11.5 Å². The van der Waals surface area contributed by atoms with Gasteiger partial charge in [-0.3, -0.25) is 0 Å². The Hall–Kier alpha value is -2.98. The molecule has 0 aliphatic carbocycles. The first-order chi connectivity index (χ1) is 14.5. The van der Waals surface area contributed by atoms with Crippen LogP contribution < -0.4 is 9.64 Å². The summed E-state index contributed by atoms with van der Waals surface area (Å²) in [7, 11) is 0. The van der Waals surface area contributed by atoms with E-state index in [-0.39, 0.29) is 5.97 Å². The number of benzene rings is 3. The molecule has 0 radical (unpaired) electrons. The maximum atomic E-state index is 12.9. The lowest BCUT2D eigenvalue weighted by molar-refractivity contribution is 0.0222. The van der Waals surface area contributed by atoms with Crippen molar-refractivity contribution in [3.63, 3.8) is 0 Å². The predicted octanol–water partition coefficient (Wildman–Crippen LogP) is 6.06. The Morgan fingerprint density at radius 2 is 1.73 bits per heavy atom. The van der Waals surface area contributed by atoms with E-state index in [0.29, 0.717) is 22.1 Å². The van der Waals surface area contributed by atoms with Crippen molar-refractivity contribution in [2.45, 2.75) is 26.4 Å². The number of ether oxygens (including phenoxy) is 2. The number of halogens is 1. The Bertz CT molecular complexity index is 1190. The van der Waals surface area contributed by atoms with E-state index in [1.807, 2.05) is 55.5 Å². The van der Waals surface area contributed by atoms with E-state index < -0.39 is 5.60 Å². The molecule has 3 aromatic rings. The van der Waals surface area contributed by atoms with Crippen molar-refractivity contribution in [1.82, 2.24) is 0 Å². The van der Waals surface area contributed by atoms with Crippen LogP contribution in [0, 0.1) is 6.92 Å². The summed E-state index contributed by atoms with van der Waals surface area (Å²) in [5.74, 6) is 1.01. The van der Waals surface area contributed by atoms with Crippen LogP contribution in [0.15, 0.2) is 54.6 Å². The molecule has 0 saturated heterocycles. The van der Waals surface area contributed by atoms with E-state index >= 15 is 0 Å². The first kappa shape index (κ1) is 19.0. The molecule has 0 aromatic heterocycles. The van der Waals surface area contributed by atoms with Gasteiger partial charge >= 0.3 is 5.97 Å². The fourth-order valence-corrected chi connectivity index (χ4v) is 4.87. The van der Waals surface area contributed by atoms with Crippen molar-refractivity contribution in [2.75, 3.05) is 18.0 Å². The van der Waals surface area contributed by atoms with Gasteiger partial charge in [0, 0.05) is 41.0 Å². The lowest BCUT2D eigenvalue weighted by Crippen LogP contribution is -2.34. The minimum atomic E-state index is -1.08. The standard InChI is InChI=1S/C25H22ClNO3/c1-4-27(5-2)16-10-11-19-22(14-16)29-21-13-12-20(26)15(3)23(21)25(19)18-9-7-6-8-17(18)24(28)30-25/h6-14H,4-5H2,1-3H3. The Kier molecular flexibility index (Phi) is 4.30. The van der Waals surface area contributed by atoms with Gasteiger partial charge in [-0.2, -0.15) is 0 Å². The molecule has 30 heavy (non-hydrogen) atoms. The lowest BCUT2D eigenvalue weighted by atomic mass is 9.76. The molecule has 0 fully saturated rings. The number of hydrogen-bond donors (Lipinski definition) is 0. The first-order valence-electron chi connectivity index (χ1n) is 10.2. The molecule has 2 aliphatic heterocycles. The Balaban J connectivity index is 1.84. The van der Waals surface area contributed by atoms with Crippen molar-refractivity contribution in [2.24, 2.45) is 0 Å². The number of rotatable bonds is 3. The topological polar surface area (TPSA) is 38.8 Å². The third-order valence-corrected chi connectivity index (χ3v) is 6.59. The number of nitrogens with zero attached hydrogens (tertiary/aromatic N) is 1. The van der Waals surface area contributed by atoms with Gasteiger partial charge in [-0.1, -0.05) is 29.8 Å². The third kappa shape index (κ3) is 2.43. The van der Waals surface area contributed by atoms with Gasteiger partial charge in [0.2, 0.25) is 0 Å². The van der Waals surface area contributed by atoms with Crippen LogP contribution in [0.1, 0.15) is 46.5 Å². The molecule has 0 amide bonds. The largest absolute Gasteiger partial charge is 0.456 e. The van der Waals surface area contributed by atoms with E-state index in [1.54, 1.807) is 0 Å². The van der Waals surface area contributed by atoms with Gasteiger partial charge in [-0.15, -0.1) is 0 Å². The molecule has 0 N–H and O–H groups in total. The maximum Gasteiger partial charge on any atom is 0.340 e. The molecule has 5 heteroatoms. The maximum absolute atomic E-state index is 12.9. The number of esters is 1. The van der Waals surface area contributed by atoms with Crippen LogP contribution in [0.2, 0.25) is 5.02 Å².